The van der Waals surface area contributed by atoms with Crippen molar-refractivity contribution < 1.29 is 12.4 Å². The van der Waals surface area contributed by atoms with E-state index in [1.807, 2.05) is 0 Å². The molecule has 0 amide bonds. The molecule has 0 saturated carbocycles. The van der Waals surface area contributed by atoms with Crippen LogP contribution in [0.25, 0.3) is 0 Å². The van der Waals surface area contributed by atoms with Gasteiger partial charge in [0, 0.05) is 0 Å². The molecular weight excluding hydrogens is 359 g/mol. The average molecular weight is 379 g/mol. The molecule has 0 bridgehead atoms. The molecule has 0 unspecified atom stereocenters. The molecule has 0 N–H and O–H groups in total. The third-order valence-electron chi connectivity index (χ3n) is 5.20. The predicted molar refractivity (Wildman–Crippen MR) is 116 cm³/mol. The molecular formula is C24H20BClMg. The van der Waals surface area contributed by atoms with Crippen LogP contribution < -0.4 is 34.3 Å². The zero-order chi connectivity index (χ0) is 17.0. The van der Waals surface area contributed by atoms with Crippen molar-refractivity contribution in [3.05, 3.63) is 121 Å². The van der Waals surface area contributed by atoms with Crippen molar-refractivity contribution in [3.63, 3.8) is 0 Å². The fourth-order valence-electron chi connectivity index (χ4n) is 4.12. The number of hydrogen-bond acceptors (Lipinski definition) is 0. The Morgan fingerprint density at radius 2 is 0.519 bits per heavy atom. The first-order chi connectivity index (χ1) is 12.4. The molecule has 4 aromatic carbocycles. The van der Waals surface area contributed by atoms with Crippen LogP contribution in [0.1, 0.15) is 0 Å². The summed E-state index contributed by atoms with van der Waals surface area (Å²) in [6.07, 6.45) is -1.22. The van der Waals surface area contributed by atoms with Gasteiger partial charge in [-0.2, -0.15) is 21.9 Å². The van der Waals surface area contributed by atoms with Gasteiger partial charge >= 0.3 is 23.1 Å². The van der Waals surface area contributed by atoms with E-state index in [1.165, 1.54) is 21.9 Å². The Morgan fingerprint density at radius 1 is 0.333 bits per heavy atom. The monoisotopic (exact) mass is 378 g/mol. The minimum atomic E-state index is -1.22. The van der Waals surface area contributed by atoms with Gasteiger partial charge in [-0.25, -0.2) is 0 Å². The molecule has 0 radical (unpaired) electrons. The molecule has 0 spiro atoms. The molecule has 0 heterocycles. The molecule has 0 atom stereocenters. The van der Waals surface area contributed by atoms with E-state index in [-0.39, 0.29) is 35.5 Å². The zero-order valence-electron chi connectivity index (χ0n) is 15.2. The summed E-state index contributed by atoms with van der Waals surface area (Å²) in [7, 11) is 0. The summed E-state index contributed by atoms with van der Waals surface area (Å²) in [6, 6.07) is 43.5. The average Bonchev–Trinajstić information content (AvgIpc) is 2.72. The van der Waals surface area contributed by atoms with Gasteiger partial charge in [-0.3, -0.25) is 0 Å². The topological polar surface area (TPSA) is 0 Å². The first-order valence-corrected chi connectivity index (χ1v) is 8.80. The zero-order valence-corrected chi connectivity index (χ0v) is 17.4. The number of halogens is 1. The van der Waals surface area contributed by atoms with Crippen molar-refractivity contribution >= 4 is 51.0 Å². The Bertz CT molecular complexity index is 765. The van der Waals surface area contributed by atoms with E-state index in [0.717, 1.165) is 0 Å². The van der Waals surface area contributed by atoms with Crippen molar-refractivity contribution in [2.45, 2.75) is 0 Å². The van der Waals surface area contributed by atoms with Crippen LogP contribution in [0.4, 0.5) is 0 Å². The molecule has 128 valence electrons. The minimum Gasteiger partial charge on any atom is -1.00 e. The fourth-order valence-corrected chi connectivity index (χ4v) is 4.12. The van der Waals surface area contributed by atoms with E-state index < -0.39 is 6.15 Å². The van der Waals surface area contributed by atoms with E-state index in [2.05, 4.69) is 121 Å². The van der Waals surface area contributed by atoms with Gasteiger partial charge in [0.05, 0.1) is 0 Å². The van der Waals surface area contributed by atoms with E-state index in [4.69, 9.17) is 0 Å². The Balaban J connectivity index is 0.00000131. The summed E-state index contributed by atoms with van der Waals surface area (Å²) in [5.74, 6) is 0. The Hall–Kier alpha value is -2.00. The van der Waals surface area contributed by atoms with Gasteiger partial charge in [0.25, 0.3) is 0 Å². The van der Waals surface area contributed by atoms with Crippen LogP contribution in [0.15, 0.2) is 121 Å². The number of hydrogen-bond donors (Lipinski definition) is 0. The summed E-state index contributed by atoms with van der Waals surface area (Å²) in [4.78, 5) is 0. The number of rotatable bonds is 4. The molecule has 0 nitrogen and oxygen atoms in total. The van der Waals surface area contributed by atoms with Crippen molar-refractivity contribution in [2.24, 2.45) is 0 Å². The van der Waals surface area contributed by atoms with Gasteiger partial charge in [0.15, 0.2) is 0 Å². The molecule has 0 aliphatic rings. The molecule has 27 heavy (non-hydrogen) atoms. The van der Waals surface area contributed by atoms with Crippen LogP contribution >= 0.6 is 0 Å². The third-order valence-corrected chi connectivity index (χ3v) is 5.20. The first-order valence-electron chi connectivity index (χ1n) is 8.80. The van der Waals surface area contributed by atoms with Crippen LogP contribution in [0, 0.1) is 0 Å². The Kier molecular flexibility index (Phi) is 7.73. The standard InChI is InChI=1S/C24H20B.ClH.Mg/c1-5-13-21(14-6-1)25(22-15-7-2-8-16-22,23-17-9-3-10-18-23)24-19-11-4-12-20-24;;/h1-20H;1H;/q-1;;+2/p-1. The molecule has 0 aromatic heterocycles. The number of benzene rings is 4. The molecule has 0 aliphatic carbocycles. The van der Waals surface area contributed by atoms with Crippen LogP contribution in [-0.2, 0) is 0 Å². The van der Waals surface area contributed by atoms with Crippen LogP contribution in [0.3, 0.4) is 0 Å². The van der Waals surface area contributed by atoms with E-state index in [0.29, 0.717) is 0 Å². The smallest absolute Gasteiger partial charge is 1.00 e. The molecule has 4 aromatic rings. The maximum atomic E-state index is 2.26. The summed E-state index contributed by atoms with van der Waals surface area (Å²) >= 11 is 0. The van der Waals surface area contributed by atoms with Crippen molar-refractivity contribution in [3.8, 4) is 0 Å². The van der Waals surface area contributed by atoms with Gasteiger partial charge in [0.1, 0.15) is 6.15 Å². The quantitative estimate of drug-likeness (QED) is 0.427. The predicted octanol–water partition coefficient (Wildman–Crippen LogP) is -0.313. The van der Waals surface area contributed by atoms with E-state index in [9.17, 15) is 0 Å². The van der Waals surface area contributed by atoms with Gasteiger partial charge in [-0.05, 0) is 0 Å². The third kappa shape index (κ3) is 3.98. The Morgan fingerprint density at radius 3 is 0.704 bits per heavy atom. The first kappa shape index (κ1) is 21.3. The summed E-state index contributed by atoms with van der Waals surface area (Å²) < 4.78 is 0. The van der Waals surface area contributed by atoms with Crippen molar-refractivity contribution in [1.29, 1.82) is 0 Å². The second-order valence-corrected chi connectivity index (χ2v) is 6.51. The molecule has 4 rings (SSSR count). The minimum absolute atomic E-state index is 0. The van der Waals surface area contributed by atoms with Crippen LogP contribution in [0.5, 0.6) is 0 Å². The molecule has 0 aliphatic heterocycles. The maximum absolute atomic E-state index is 2.26. The second-order valence-electron chi connectivity index (χ2n) is 6.51. The van der Waals surface area contributed by atoms with Crippen molar-refractivity contribution in [1.82, 2.24) is 0 Å². The van der Waals surface area contributed by atoms with Gasteiger partial charge < -0.3 is 12.4 Å². The second kappa shape index (κ2) is 9.80. The van der Waals surface area contributed by atoms with E-state index >= 15 is 0 Å². The largest absolute Gasteiger partial charge is 2.00 e. The van der Waals surface area contributed by atoms with Crippen LogP contribution in [-0.4, -0.2) is 29.2 Å². The SMILES string of the molecule is [Cl-].[Mg+2].c1ccc([B-](c2ccccc2)(c2ccccc2)c2ccccc2)cc1. The van der Waals surface area contributed by atoms with Gasteiger partial charge in [-0.15, -0.1) is 0 Å². The fraction of sp³-hybridized carbons (Fsp3) is 0. The molecule has 3 heteroatoms. The Labute approximate surface area is 184 Å². The molecule has 0 fully saturated rings. The summed E-state index contributed by atoms with van der Waals surface area (Å²) in [5, 5.41) is 0. The summed E-state index contributed by atoms with van der Waals surface area (Å²) in [5.41, 5.74) is 5.36. The van der Waals surface area contributed by atoms with Gasteiger partial charge in [0.2, 0.25) is 0 Å². The normalized spacial score (nSPS) is 10.4. The van der Waals surface area contributed by atoms with Crippen LogP contribution in [0.2, 0.25) is 0 Å². The van der Waals surface area contributed by atoms with Crippen molar-refractivity contribution in [2.75, 3.05) is 0 Å². The summed E-state index contributed by atoms with van der Waals surface area (Å²) in [6.45, 7) is 0. The van der Waals surface area contributed by atoms with E-state index in [1.54, 1.807) is 0 Å². The van der Waals surface area contributed by atoms with Gasteiger partial charge in [-0.1, -0.05) is 121 Å². The maximum Gasteiger partial charge on any atom is 2.00 e. The molecule has 0 saturated heterocycles.